The lowest BCUT2D eigenvalue weighted by Gasteiger charge is -2.23. The molecule has 0 bridgehead atoms. The minimum absolute atomic E-state index is 0.0154. The van der Waals surface area contributed by atoms with Gasteiger partial charge in [0.25, 0.3) is 0 Å². The number of anilines is 1. The molecule has 1 fully saturated rings. The van der Waals surface area contributed by atoms with Crippen molar-refractivity contribution < 1.29 is 13.2 Å². The first kappa shape index (κ1) is 17.8. The van der Waals surface area contributed by atoms with Gasteiger partial charge >= 0.3 is 6.03 Å². The highest BCUT2D eigenvalue weighted by atomic mass is 32.2. The van der Waals surface area contributed by atoms with E-state index in [1.54, 1.807) is 18.7 Å². The van der Waals surface area contributed by atoms with Crippen LogP contribution in [0.1, 0.15) is 38.3 Å². The standard InChI is InChI=1S/C17H26N2O3S/c1-5-14-12-15(7-6-13(14)2)18-16(20)19-9-8-17(3,4)23(21,22)11-10-19/h6-7,12H,5,8-11H2,1-4H3,(H,18,20). The van der Waals surface area contributed by atoms with E-state index in [2.05, 4.69) is 12.2 Å². The Kier molecular flexibility index (Phi) is 5.04. The van der Waals surface area contributed by atoms with Gasteiger partial charge < -0.3 is 10.2 Å². The maximum absolute atomic E-state index is 12.4. The molecule has 1 aromatic carbocycles. The van der Waals surface area contributed by atoms with Crippen molar-refractivity contribution in [2.75, 3.05) is 24.2 Å². The normalized spacial score (nSPS) is 19.9. The number of hydrogen-bond acceptors (Lipinski definition) is 3. The molecular weight excluding hydrogens is 312 g/mol. The molecule has 1 aliphatic rings. The van der Waals surface area contributed by atoms with Crippen molar-refractivity contribution in [1.29, 1.82) is 0 Å². The maximum Gasteiger partial charge on any atom is 0.321 e. The highest BCUT2D eigenvalue weighted by Crippen LogP contribution is 2.25. The molecule has 2 amide bonds. The zero-order chi connectivity index (χ0) is 17.3. The molecular formula is C17H26N2O3S. The lowest BCUT2D eigenvalue weighted by atomic mass is 10.1. The van der Waals surface area contributed by atoms with E-state index in [0.29, 0.717) is 13.0 Å². The molecule has 1 aromatic rings. The van der Waals surface area contributed by atoms with Crippen molar-refractivity contribution in [1.82, 2.24) is 4.90 Å². The molecule has 0 saturated carbocycles. The van der Waals surface area contributed by atoms with Gasteiger partial charge in [0.1, 0.15) is 0 Å². The molecule has 0 atom stereocenters. The number of nitrogens with zero attached hydrogens (tertiary/aromatic N) is 1. The predicted molar refractivity (Wildman–Crippen MR) is 93.6 cm³/mol. The van der Waals surface area contributed by atoms with Gasteiger partial charge in [-0.3, -0.25) is 0 Å². The van der Waals surface area contributed by atoms with Gasteiger partial charge in [-0.2, -0.15) is 0 Å². The van der Waals surface area contributed by atoms with E-state index >= 15 is 0 Å². The van der Waals surface area contributed by atoms with Gasteiger partial charge in [0.15, 0.2) is 9.84 Å². The minimum atomic E-state index is -3.17. The topological polar surface area (TPSA) is 66.5 Å². The van der Waals surface area contributed by atoms with Gasteiger partial charge in [0, 0.05) is 18.8 Å². The number of amides is 2. The van der Waals surface area contributed by atoms with Gasteiger partial charge in [0.05, 0.1) is 10.5 Å². The Balaban J connectivity index is 2.10. The number of benzene rings is 1. The second kappa shape index (κ2) is 6.51. The summed E-state index contributed by atoms with van der Waals surface area (Å²) in [5, 5.41) is 2.89. The number of urea groups is 1. The second-order valence-electron chi connectivity index (χ2n) is 6.74. The number of aryl methyl sites for hydroxylation is 2. The molecule has 0 aliphatic carbocycles. The summed E-state index contributed by atoms with van der Waals surface area (Å²) in [6.07, 6.45) is 1.36. The smallest absolute Gasteiger partial charge is 0.321 e. The molecule has 0 unspecified atom stereocenters. The molecule has 0 spiro atoms. The Morgan fingerprint density at radius 1 is 1.30 bits per heavy atom. The van der Waals surface area contributed by atoms with Crippen LogP contribution in [0.5, 0.6) is 0 Å². The molecule has 1 N–H and O–H groups in total. The third-order valence-electron chi connectivity index (χ3n) is 4.72. The highest BCUT2D eigenvalue weighted by Gasteiger charge is 2.37. The summed E-state index contributed by atoms with van der Waals surface area (Å²) in [5.74, 6) is 0.0154. The average Bonchev–Trinajstić information content (AvgIpc) is 2.58. The summed E-state index contributed by atoms with van der Waals surface area (Å²) in [5.41, 5.74) is 3.15. The zero-order valence-electron chi connectivity index (χ0n) is 14.3. The van der Waals surface area contributed by atoms with E-state index in [0.717, 1.165) is 12.1 Å². The molecule has 128 valence electrons. The number of hydrogen-bond donors (Lipinski definition) is 1. The van der Waals surface area contributed by atoms with Gasteiger partial charge in [0.2, 0.25) is 0 Å². The van der Waals surface area contributed by atoms with Crippen molar-refractivity contribution in [2.45, 2.75) is 45.3 Å². The zero-order valence-corrected chi connectivity index (χ0v) is 15.2. The summed E-state index contributed by atoms with van der Waals surface area (Å²) in [7, 11) is -3.17. The number of carbonyl (C=O) groups excluding carboxylic acids is 1. The van der Waals surface area contributed by atoms with Gasteiger partial charge in [-0.05, 0) is 56.9 Å². The van der Waals surface area contributed by atoms with E-state index in [9.17, 15) is 13.2 Å². The fraction of sp³-hybridized carbons (Fsp3) is 0.588. The Morgan fingerprint density at radius 3 is 2.65 bits per heavy atom. The molecule has 0 aromatic heterocycles. The van der Waals surface area contributed by atoms with Crippen LogP contribution in [-0.2, 0) is 16.3 Å². The van der Waals surface area contributed by atoms with Gasteiger partial charge in [-0.1, -0.05) is 13.0 Å². The Bertz CT molecular complexity index is 696. The van der Waals surface area contributed by atoms with Crippen molar-refractivity contribution in [3.05, 3.63) is 29.3 Å². The second-order valence-corrected chi connectivity index (χ2v) is 9.48. The SMILES string of the molecule is CCc1cc(NC(=O)N2CCC(C)(C)S(=O)(=O)CC2)ccc1C. The number of nitrogens with one attached hydrogen (secondary N) is 1. The van der Waals surface area contributed by atoms with Crippen LogP contribution in [-0.4, -0.2) is 42.9 Å². The summed E-state index contributed by atoms with van der Waals surface area (Å²) >= 11 is 0. The lowest BCUT2D eigenvalue weighted by molar-refractivity contribution is 0.214. The quantitative estimate of drug-likeness (QED) is 0.901. The molecule has 23 heavy (non-hydrogen) atoms. The van der Waals surface area contributed by atoms with Gasteiger partial charge in [-0.25, -0.2) is 13.2 Å². The van der Waals surface area contributed by atoms with Crippen molar-refractivity contribution >= 4 is 21.6 Å². The number of sulfone groups is 1. The van der Waals surface area contributed by atoms with Crippen LogP contribution in [0.25, 0.3) is 0 Å². The number of rotatable bonds is 2. The first-order valence-electron chi connectivity index (χ1n) is 8.04. The molecule has 1 saturated heterocycles. The van der Waals surface area contributed by atoms with Crippen molar-refractivity contribution in [3.63, 3.8) is 0 Å². The summed E-state index contributed by atoms with van der Waals surface area (Å²) in [6.45, 7) is 8.28. The fourth-order valence-corrected chi connectivity index (χ4v) is 4.13. The van der Waals surface area contributed by atoms with Crippen LogP contribution in [0.15, 0.2) is 18.2 Å². The Hall–Kier alpha value is -1.56. The third kappa shape index (κ3) is 3.86. The predicted octanol–water partition coefficient (Wildman–Crippen LogP) is 2.99. The fourth-order valence-electron chi connectivity index (χ4n) is 2.71. The maximum atomic E-state index is 12.4. The van der Waals surface area contributed by atoms with E-state index in [1.807, 2.05) is 25.1 Å². The molecule has 5 nitrogen and oxygen atoms in total. The van der Waals surface area contributed by atoms with Crippen LogP contribution in [0.2, 0.25) is 0 Å². The number of carbonyl (C=O) groups is 1. The first-order chi connectivity index (χ1) is 10.7. The summed E-state index contributed by atoms with van der Waals surface area (Å²) in [4.78, 5) is 14.0. The van der Waals surface area contributed by atoms with Crippen LogP contribution in [0.3, 0.4) is 0 Å². The Labute approximate surface area is 139 Å². The average molecular weight is 338 g/mol. The van der Waals surface area contributed by atoms with E-state index in [-0.39, 0.29) is 18.3 Å². The third-order valence-corrected chi connectivity index (χ3v) is 7.33. The van der Waals surface area contributed by atoms with Crippen LogP contribution in [0, 0.1) is 6.92 Å². The monoisotopic (exact) mass is 338 g/mol. The Morgan fingerprint density at radius 2 is 2.00 bits per heavy atom. The van der Waals surface area contributed by atoms with Crippen molar-refractivity contribution in [2.24, 2.45) is 0 Å². The van der Waals surface area contributed by atoms with Crippen LogP contribution in [0.4, 0.5) is 10.5 Å². The van der Waals surface area contributed by atoms with E-state index in [1.165, 1.54) is 11.1 Å². The lowest BCUT2D eigenvalue weighted by Crippen LogP contribution is -2.37. The largest absolute Gasteiger partial charge is 0.323 e. The molecule has 1 heterocycles. The molecule has 1 aliphatic heterocycles. The van der Waals surface area contributed by atoms with Gasteiger partial charge in [-0.15, -0.1) is 0 Å². The van der Waals surface area contributed by atoms with Crippen LogP contribution < -0.4 is 5.32 Å². The van der Waals surface area contributed by atoms with Crippen molar-refractivity contribution in [3.8, 4) is 0 Å². The summed E-state index contributed by atoms with van der Waals surface area (Å²) < 4.78 is 23.6. The molecule has 2 rings (SSSR count). The molecule has 6 heteroatoms. The highest BCUT2D eigenvalue weighted by molar-refractivity contribution is 7.92. The molecule has 0 radical (unpaired) electrons. The first-order valence-corrected chi connectivity index (χ1v) is 9.69. The summed E-state index contributed by atoms with van der Waals surface area (Å²) in [6, 6.07) is 5.62. The van der Waals surface area contributed by atoms with E-state index in [4.69, 9.17) is 0 Å². The van der Waals surface area contributed by atoms with Crippen LogP contribution >= 0.6 is 0 Å². The minimum Gasteiger partial charge on any atom is -0.323 e. The van der Waals surface area contributed by atoms with E-state index < -0.39 is 14.6 Å².